The van der Waals surface area contributed by atoms with Gasteiger partial charge in [-0.05, 0) is 52.0 Å². The molecule has 0 amide bonds. The largest absolute Gasteiger partial charge is 0.480 e. The van der Waals surface area contributed by atoms with Crippen LogP contribution >= 0.6 is 0 Å². The van der Waals surface area contributed by atoms with Gasteiger partial charge in [-0.25, -0.2) is 0 Å². The molecule has 1 aliphatic carbocycles. The quantitative estimate of drug-likeness (QED) is 0.805. The van der Waals surface area contributed by atoms with Crippen molar-refractivity contribution in [2.45, 2.75) is 58.5 Å². The van der Waals surface area contributed by atoms with Crippen LogP contribution in [0, 0.1) is 11.8 Å². The lowest BCUT2D eigenvalue weighted by Crippen LogP contribution is -2.55. The fourth-order valence-corrected chi connectivity index (χ4v) is 2.79. The highest BCUT2D eigenvalue weighted by molar-refractivity contribution is 5.77. The van der Waals surface area contributed by atoms with Crippen molar-refractivity contribution in [3.8, 4) is 0 Å². The maximum absolute atomic E-state index is 11.2. The van der Waals surface area contributed by atoms with E-state index in [9.17, 15) is 9.90 Å². The molecular weight excluding hydrogens is 202 g/mol. The Morgan fingerprint density at radius 1 is 1.31 bits per heavy atom. The van der Waals surface area contributed by atoms with Crippen molar-refractivity contribution < 1.29 is 9.90 Å². The van der Waals surface area contributed by atoms with Crippen molar-refractivity contribution in [2.24, 2.45) is 11.8 Å². The van der Waals surface area contributed by atoms with Crippen LogP contribution in [0.4, 0.5) is 0 Å². The van der Waals surface area contributed by atoms with Gasteiger partial charge in [-0.3, -0.25) is 9.69 Å². The summed E-state index contributed by atoms with van der Waals surface area (Å²) in [5.74, 6) is 0.640. The maximum Gasteiger partial charge on any atom is 0.323 e. The minimum atomic E-state index is -0.764. The predicted molar refractivity (Wildman–Crippen MR) is 65.4 cm³/mol. The molecular formula is C13H25NO2. The summed E-state index contributed by atoms with van der Waals surface area (Å²) >= 11 is 0. The third-order valence-corrected chi connectivity index (χ3v) is 4.29. The Morgan fingerprint density at radius 3 is 2.31 bits per heavy atom. The van der Waals surface area contributed by atoms with Crippen LogP contribution in [0.15, 0.2) is 0 Å². The van der Waals surface area contributed by atoms with E-state index in [1.807, 2.05) is 11.9 Å². The van der Waals surface area contributed by atoms with E-state index in [0.29, 0.717) is 12.0 Å². The first-order valence-electron chi connectivity index (χ1n) is 6.23. The van der Waals surface area contributed by atoms with Crippen LogP contribution in [0.25, 0.3) is 0 Å². The summed E-state index contributed by atoms with van der Waals surface area (Å²) in [6.45, 7) is 8.12. The van der Waals surface area contributed by atoms with Crippen LogP contribution in [0.5, 0.6) is 0 Å². The third kappa shape index (κ3) is 2.57. The fraction of sp³-hybridized carbons (Fsp3) is 0.923. The average Bonchev–Trinajstić information content (AvgIpc) is 2.16. The van der Waals surface area contributed by atoms with Crippen molar-refractivity contribution in [1.29, 1.82) is 0 Å². The zero-order chi connectivity index (χ0) is 12.5. The van der Waals surface area contributed by atoms with Gasteiger partial charge in [0, 0.05) is 6.04 Å². The monoisotopic (exact) mass is 227 g/mol. The number of carbonyl (C=O) groups is 1. The molecule has 1 saturated carbocycles. The smallest absolute Gasteiger partial charge is 0.323 e. The van der Waals surface area contributed by atoms with Gasteiger partial charge in [0.15, 0.2) is 0 Å². The molecule has 1 N–H and O–H groups in total. The van der Waals surface area contributed by atoms with E-state index in [1.165, 1.54) is 12.8 Å². The van der Waals surface area contributed by atoms with Gasteiger partial charge in [0.05, 0.1) is 0 Å². The van der Waals surface area contributed by atoms with Gasteiger partial charge >= 0.3 is 5.97 Å². The standard InChI is InChI=1S/C13H25NO2/c1-9-6-7-11(10(2)8-9)14(5)13(3,4)12(15)16/h9-11H,6-8H2,1-5H3,(H,15,16). The molecule has 16 heavy (non-hydrogen) atoms. The average molecular weight is 227 g/mol. The maximum atomic E-state index is 11.2. The lowest BCUT2D eigenvalue weighted by molar-refractivity contribution is -0.151. The highest BCUT2D eigenvalue weighted by Crippen LogP contribution is 2.34. The van der Waals surface area contributed by atoms with E-state index in [1.54, 1.807) is 13.8 Å². The number of rotatable bonds is 3. The number of hydrogen-bond donors (Lipinski definition) is 1. The Bertz CT molecular complexity index is 263. The molecule has 3 atom stereocenters. The highest BCUT2D eigenvalue weighted by Gasteiger charge is 2.39. The molecule has 0 aromatic carbocycles. The van der Waals surface area contributed by atoms with E-state index in [4.69, 9.17) is 0 Å². The van der Waals surface area contributed by atoms with E-state index >= 15 is 0 Å². The Morgan fingerprint density at radius 2 is 1.88 bits per heavy atom. The summed E-state index contributed by atoms with van der Waals surface area (Å²) in [5, 5.41) is 9.24. The normalized spacial score (nSPS) is 31.8. The van der Waals surface area contributed by atoms with Crippen LogP contribution in [0.3, 0.4) is 0 Å². The Hall–Kier alpha value is -0.570. The van der Waals surface area contributed by atoms with Crippen LogP contribution in [-0.4, -0.2) is 34.6 Å². The Balaban J connectivity index is 2.74. The van der Waals surface area contributed by atoms with Crippen LogP contribution in [0.2, 0.25) is 0 Å². The van der Waals surface area contributed by atoms with E-state index in [-0.39, 0.29) is 0 Å². The van der Waals surface area contributed by atoms with Gasteiger partial charge in [-0.15, -0.1) is 0 Å². The summed E-state index contributed by atoms with van der Waals surface area (Å²) in [5.41, 5.74) is -0.764. The minimum absolute atomic E-state index is 0.405. The molecule has 3 nitrogen and oxygen atoms in total. The molecule has 0 heterocycles. The zero-order valence-corrected chi connectivity index (χ0v) is 11.2. The number of carboxylic acids is 1. The molecule has 0 radical (unpaired) electrons. The van der Waals surface area contributed by atoms with Crippen molar-refractivity contribution in [2.75, 3.05) is 7.05 Å². The topological polar surface area (TPSA) is 40.5 Å². The van der Waals surface area contributed by atoms with E-state index in [2.05, 4.69) is 13.8 Å². The molecule has 0 aromatic heterocycles. The van der Waals surface area contributed by atoms with Crippen LogP contribution in [0.1, 0.15) is 47.0 Å². The lowest BCUT2D eigenvalue weighted by Gasteiger charge is -2.44. The molecule has 1 aliphatic rings. The Labute approximate surface area is 98.8 Å². The molecule has 3 unspecified atom stereocenters. The third-order valence-electron chi connectivity index (χ3n) is 4.29. The molecule has 0 bridgehead atoms. The molecule has 0 spiro atoms. The van der Waals surface area contributed by atoms with Crippen molar-refractivity contribution >= 4 is 5.97 Å². The molecule has 3 heteroatoms. The van der Waals surface area contributed by atoms with E-state index < -0.39 is 11.5 Å². The number of carboxylic acid groups (broad SMARTS) is 1. The molecule has 94 valence electrons. The number of hydrogen-bond acceptors (Lipinski definition) is 2. The molecule has 1 fully saturated rings. The zero-order valence-electron chi connectivity index (χ0n) is 11.2. The first-order valence-corrected chi connectivity index (χ1v) is 6.23. The molecule has 0 aromatic rings. The summed E-state index contributed by atoms with van der Waals surface area (Å²) in [4.78, 5) is 13.3. The van der Waals surface area contributed by atoms with Gasteiger partial charge in [0.1, 0.15) is 5.54 Å². The van der Waals surface area contributed by atoms with Gasteiger partial charge in [-0.2, -0.15) is 0 Å². The van der Waals surface area contributed by atoms with Gasteiger partial charge in [0.25, 0.3) is 0 Å². The second-order valence-electron chi connectivity index (χ2n) is 5.94. The fourth-order valence-electron chi connectivity index (χ4n) is 2.79. The number of aliphatic carboxylic acids is 1. The van der Waals surface area contributed by atoms with Crippen molar-refractivity contribution in [3.63, 3.8) is 0 Å². The highest BCUT2D eigenvalue weighted by atomic mass is 16.4. The second kappa shape index (κ2) is 4.74. The van der Waals surface area contributed by atoms with Gasteiger partial charge in [-0.1, -0.05) is 13.8 Å². The summed E-state index contributed by atoms with van der Waals surface area (Å²) in [6.07, 6.45) is 3.55. The van der Waals surface area contributed by atoms with Crippen molar-refractivity contribution in [3.05, 3.63) is 0 Å². The first kappa shape index (κ1) is 13.5. The minimum Gasteiger partial charge on any atom is -0.480 e. The lowest BCUT2D eigenvalue weighted by atomic mass is 9.78. The summed E-state index contributed by atoms with van der Waals surface area (Å²) in [7, 11) is 1.95. The van der Waals surface area contributed by atoms with Crippen molar-refractivity contribution in [1.82, 2.24) is 4.90 Å². The Kier molecular flexibility index (Phi) is 4.00. The molecule has 0 aliphatic heterocycles. The second-order valence-corrected chi connectivity index (χ2v) is 5.94. The first-order chi connectivity index (χ1) is 7.26. The summed E-state index contributed by atoms with van der Waals surface area (Å²) in [6, 6.07) is 0.405. The van der Waals surface area contributed by atoms with E-state index in [0.717, 1.165) is 12.3 Å². The van der Waals surface area contributed by atoms with Gasteiger partial charge in [0.2, 0.25) is 0 Å². The van der Waals surface area contributed by atoms with Crippen LogP contribution in [-0.2, 0) is 4.79 Å². The number of likely N-dealkylation sites (N-methyl/N-ethyl adjacent to an activating group) is 1. The molecule has 0 saturated heterocycles. The van der Waals surface area contributed by atoms with Gasteiger partial charge < -0.3 is 5.11 Å². The molecule has 1 rings (SSSR count). The summed E-state index contributed by atoms with van der Waals surface area (Å²) < 4.78 is 0. The number of nitrogens with zero attached hydrogens (tertiary/aromatic N) is 1. The van der Waals surface area contributed by atoms with Crippen LogP contribution < -0.4 is 0 Å². The predicted octanol–water partition coefficient (Wildman–Crippen LogP) is 2.61. The SMILES string of the molecule is CC1CCC(N(C)C(C)(C)C(=O)O)C(C)C1.